The highest BCUT2D eigenvalue weighted by Gasteiger charge is 2.57. The van der Waals surface area contributed by atoms with E-state index in [1.165, 1.54) is 12.1 Å². The summed E-state index contributed by atoms with van der Waals surface area (Å²) in [6, 6.07) is 17.5. The van der Waals surface area contributed by atoms with E-state index in [1.54, 1.807) is 61.9 Å². The molecule has 0 saturated carbocycles. The van der Waals surface area contributed by atoms with Crippen molar-refractivity contribution in [2.24, 2.45) is 0 Å². The Kier molecular flexibility index (Phi) is 9.30. The lowest BCUT2D eigenvalue weighted by Crippen LogP contribution is -2.46. The Hall–Kier alpha value is -4.39. The maximum Gasteiger partial charge on any atom is 0.455 e. The molecule has 0 aromatic heterocycles. The fourth-order valence-electron chi connectivity index (χ4n) is 3.33. The number of benzene rings is 3. The van der Waals surface area contributed by atoms with Crippen LogP contribution in [0.3, 0.4) is 0 Å². The molecule has 0 heterocycles. The van der Waals surface area contributed by atoms with Crippen LogP contribution in [0, 0.1) is 0 Å². The van der Waals surface area contributed by atoms with Crippen LogP contribution in [0.4, 0.5) is 44.7 Å². The molecule has 0 spiro atoms. The van der Waals surface area contributed by atoms with E-state index in [0.29, 0.717) is 17.1 Å². The number of halogens is 5. The molecule has 0 saturated heterocycles. The number of carbonyl (C=O) groups excluding carboxylic acids is 2. The monoisotopic (exact) mass is 551 g/mol. The van der Waals surface area contributed by atoms with Crippen molar-refractivity contribution in [3.8, 4) is 0 Å². The van der Waals surface area contributed by atoms with Gasteiger partial charge in [0, 0.05) is 42.3 Å². The molecule has 13 heteroatoms. The molecule has 2 amide bonds. The van der Waals surface area contributed by atoms with Crippen molar-refractivity contribution in [2.75, 3.05) is 42.1 Å². The molecule has 0 aliphatic carbocycles. The third kappa shape index (κ3) is 8.04. The van der Waals surface area contributed by atoms with Crippen LogP contribution in [0.25, 0.3) is 0 Å². The van der Waals surface area contributed by atoms with Crippen LogP contribution in [0.5, 0.6) is 0 Å². The van der Waals surface area contributed by atoms with Gasteiger partial charge in [-0.05, 0) is 60.2 Å². The zero-order valence-electron chi connectivity index (χ0n) is 20.9. The standard InChI is InChI=1S/C26H26F5N5O3/c1-32-19-5-3-7-21(12-19)35-24(38)18-10-16(14-39-36-22-8-4-6-20(13-22)33-2)9-17(11-18)23(37)34-15-25(27,28)26(29,30)31/h3-13,32-33,36H,14-15H2,1-2H3,(H,34,37)(H,35,38). The number of carbonyl (C=O) groups is 2. The topological polar surface area (TPSA) is 104 Å². The number of nitrogens with one attached hydrogen (secondary N) is 5. The maximum atomic E-state index is 13.3. The van der Waals surface area contributed by atoms with Crippen molar-refractivity contribution in [1.82, 2.24) is 5.32 Å². The number of alkyl halides is 5. The second-order valence-corrected chi connectivity index (χ2v) is 8.31. The molecule has 0 atom stereocenters. The Morgan fingerprint density at radius 3 is 1.87 bits per heavy atom. The Morgan fingerprint density at radius 1 is 0.744 bits per heavy atom. The van der Waals surface area contributed by atoms with Crippen LogP contribution in [0.15, 0.2) is 66.7 Å². The second-order valence-electron chi connectivity index (χ2n) is 8.31. The number of hydrogen-bond donors (Lipinski definition) is 5. The molecule has 0 radical (unpaired) electrons. The lowest BCUT2D eigenvalue weighted by molar-refractivity contribution is -0.278. The van der Waals surface area contributed by atoms with Crippen molar-refractivity contribution in [2.45, 2.75) is 18.7 Å². The lowest BCUT2D eigenvalue weighted by atomic mass is 10.0. The second kappa shape index (κ2) is 12.4. The largest absolute Gasteiger partial charge is 0.455 e. The normalized spacial score (nSPS) is 11.5. The van der Waals surface area contributed by atoms with Gasteiger partial charge in [0.1, 0.15) is 0 Å². The van der Waals surface area contributed by atoms with Crippen LogP contribution < -0.4 is 26.7 Å². The van der Waals surface area contributed by atoms with Crippen LogP contribution in [0.1, 0.15) is 26.3 Å². The van der Waals surface area contributed by atoms with Crippen LogP contribution in [0.2, 0.25) is 0 Å². The molecule has 3 rings (SSSR count). The first-order chi connectivity index (χ1) is 18.4. The Morgan fingerprint density at radius 2 is 1.28 bits per heavy atom. The smallest absolute Gasteiger partial charge is 0.388 e. The molecule has 208 valence electrons. The summed E-state index contributed by atoms with van der Waals surface area (Å²) in [6.07, 6.45) is -5.83. The Bertz CT molecular complexity index is 1320. The van der Waals surface area contributed by atoms with Crippen molar-refractivity contribution in [3.05, 3.63) is 83.4 Å². The molecule has 5 N–H and O–H groups in total. The Labute approximate surface area is 220 Å². The van der Waals surface area contributed by atoms with E-state index in [-0.39, 0.29) is 23.3 Å². The third-order valence-electron chi connectivity index (χ3n) is 5.39. The van der Waals surface area contributed by atoms with E-state index < -0.39 is 30.5 Å². The molecular formula is C26H26F5N5O3. The van der Waals surface area contributed by atoms with E-state index in [4.69, 9.17) is 4.84 Å². The fourth-order valence-corrected chi connectivity index (χ4v) is 3.33. The molecule has 0 fully saturated rings. The Balaban J connectivity index is 1.82. The van der Waals surface area contributed by atoms with Crippen LogP contribution in [-0.4, -0.2) is 44.6 Å². The van der Waals surface area contributed by atoms with Crippen molar-refractivity contribution >= 4 is 34.6 Å². The molecule has 0 unspecified atom stereocenters. The highest BCUT2D eigenvalue weighted by Crippen LogP contribution is 2.34. The van der Waals surface area contributed by atoms with Gasteiger partial charge in [0.25, 0.3) is 11.8 Å². The molecule has 8 nitrogen and oxygen atoms in total. The van der Waals surface area contributed by atoms with Crippen molar-refractivity contribution in [3.63, 3.8) is 0 Å². The van der Waals surface area contributed by atoms with Crippen molar-refractivity contribution < 1.29 is 36.4 Å². The summed E-state index contributed by atoms with van der Waals surface area (Å²) in [7, 11) is 3.43. The summed E-state index contributed by atoms with van der Waals surface area (Å²) >= 11 is 0. The van der Waals surface area contributed by atoms with Gasteiger partial charge < -0.3 is 21.3 Å². The molecule has 0 aliphatic rings. The lowest BCUT2D eigenvalue weighted by Gasteiger charge is -2.20. The predicted molar refractivity (Wildman–Crippen MR) is 138 cm³/mol. The summed E-state index contributed by atoms with van der Waals surface area (Å²) in [5, 5.41) is 10.1. The number of amides is 2. The SMILES string of the molecule is CNc1cccc(NOCc2cc(C(=O)NCC(F)(F)C(F)(F)F)cc(C(=O)Nc3cccc(NC)c3)c2)c1. The molecule has 3 aromatic carbocycles. The summed E-state index contributed by atoms with van der Waals surface area (Å²) in [4.78, 5) is 31.0. The minimum atomic E-state index is -5.83. The van der Waals surface area contributed by atoms with Gasteiger partial charge in [0.05, 0.1) is 18.8 Å². The summed E-state index contributed by atoms with van der Waals surface area (Å²) < 4.78 is 64.2. The van der Waals surface area contributed by atoms with Gasteiger partial charge in [0.15, 0.2) is 0 Å². The summed E-state index contributed by atoms with van der Waals surface area (Å²) in [5.41, 5.74) is 5.17. The van der Waals surface area contributed by atoms with E-state index in [2.05, 4.69) is 21.4 Å². The highest BCUT2D eigenvalue weighted by atomic mass is 19.4. The fraction of sp³-hybridized carbons (Fsp3) is 0.231. The van der Waals surface area contributed by atoms with Crippen LogP contribution >= 0.6 is 0 Å². The first kappa shape index (κ1) is 29.2. The van der Waals surface area contributed by atoms with E-state index >= 15 is 0 Å². The van der Waals surface area contributed by atoms with E-state index in [9.17, 15) is 31.5 Å². The first-order valence-electron chi connectivity index (χ1n) is 11.5. The molecule has 39 heavy (non-hydrogen) atoms. The summed E-state index contributed by atoms with van der Waals surface area (Å²) in [6.45, 7) is -2.14. The third-order valence-corrected chi connectivity index (χ3v) is 5.39. The minimum absolute atomic E-state index is 0.0455. The average molecular weight is 552 g/mol. The molecule has 0 aliphatic heterocycles. The van der Waals surface area contributed by atoms with Gasteiger partial charge in [-0.1, -0.05) is 12.1 Å². The molecule has 3 aromatic rings. The summed E-state index contributed by atoms with van der Waals surface area (Å²) in [5.74, 6) is -7.00. The quantitative estimate of drug-likeness (QED) is 0.160. The molecule has 0 bridgehead atoms. The zero-order valence-corrected chi connectivity index (χ0v) is 20.9. The number of anilines is 4. The maximum absolute atomic E-state index is 13.3. The van der Waals surface area contributed by atoms with Gasteiger partial charge in [-0.15, -0.1) is 0 Å². The number of rotatable bonds is 11. The zero-order chi connectivity index (χ0) is 28.6. The van der Waals surface area contributed by atoms with E-state index in [1.807, 2.05) is 6.07 Å². The number of hydrogen-bond acceptors (Lipinski definition) is 6. The first-order valence-corrected chi connectivity index (χ1v) is 11.5. The van der Waals surface area contributed by atoms with E-state index in [0.717, 1.165) is 11.8 Å². The van der Waals surface area contributed by atoms with Gasteiger partial charge >= 0.3 is 12.1 Å². The van der Waals surface area contributed by atoms with Gasteiger partial charge in [-0.2, -0.15) is 22.0 Å². The minimum Gasteiger partial charge on any atom is -0.388 e. The average Bonchev–Trinajstić information content (AvgIpc) is 2.91. The van der Waals surface area contributed by atoms with Crippen LogP contribution in [-0.2, 0) is 11.4 Å². The van der Waals surface area contributed by atoms with Crippen molar-refractivity contribution in [1.29, 1.82) is 0 Å². The molecular weight excluding hydrogens is 525 g/mol. The van der Waals surface area contributed by atoms with Gasteiger partial charge in [-0.25, -0.2) is 0 Å². The predicted octanol–water partition coefficient (Wildman–Crippen LogP) is 5.49. The highest BCUT2D eigenvalue weighted by molar-refractivity contribution is 6.06. The van der Waals surface area contributed by atoms with Gasteiger partial charge in [-0.3, -0.25) is 19.9 Å². The van der Waals surface area contributed by atoms with Gasteiger partial charge in [0.2, 0.25) is 0 Å².